The highest BCUT2D eigenvalue weighted by Gasteiger charge is 2.64. The van der Waals surface area contributed by atoms with Crippen LogP contribution in [0.15, 0.2) is 16.9 Å². The lowest BCUT2D eigenvalue weighted by Crippen LogP contribution is -2.65. The molecule has 1 amide bonds. The van der Waals surface area contributed by atoms with Crippen LogP contribution in [0.1, 0.15) is 49.4 Å². The zero-order valence-corrected chi connectivity index (χ0v) is 22.6. The van der Waals surface area contributed by atoms with Gasteiger partial charge in [0.25, 0.3) is 5.91 Å². The standard InChI is InChI=1S/C28H34FN3O7/c1-27(2,3)32-7-6-12-14(10-32)19(29)13-8-11-9-15-20(31(4)5)23(35)18(26(30)38)25(37)28(15,39)24(36)16(11)22(34)17(13)21(12)33/h11,15,20,33-34,37,39H,6-10H2,1-5H3,(H2,30,38)/t11-,15-,20-,28-/m0/s1. The maximum Gasteiger partial charge on any atom is 0.255 e. The molecule has 0 bridgehead atoms. The molecule has 1 aromatic carbocycles. The first kappa shape index (κ1) is 27.3. The molecule has 5 rings (SSSR count). The van der Waals surface area contributed by atoms with Gasteiger partial charge in [-0.25, -0.2) is 4.39 Å². The molecule has 1 saturated carbocycles. The van der Waals surface area contributed by atoms with Crippen LogP contribution in [0.4, 0.5) is 4.39 Å². The summed E-state index contributed by atoms with van der Waals surface area (Å²) >= 11 is 0. The highest BCUT2D eigenvalue weighted by atomic mass is 19.1. The molecule has 39 heavy (non-hydrogen) atoms. The van der Waals surface area contributed by atoms with E-state index in [1.807, 2.05) is 20.8 Å². The van der Waals surface area contributed by atoms with Crippen molar-refractivity contribution in [1.82, 2.24) is 9.80 Å². The fraction of sp³-hybridized carbons (Fsp3) is 0.536. The predicted octanol–water partition coefficient (Wildman–Crippen LogP) is 1.26. The Morgan fingerprint density at radius 3 is 2.33 bits per heavy atom. The van der Waals surface area contributed by atoms with Gasteiger partial charge in [0.15, 0.2) is 11.4 Å². The fourth-order valence-electron chi connectivity index (χ4n) is 6.96. The average molecular weight is 544 g/mol. The predicted molar refractivity (Wildman–Crippen MR) is 138 cm³/mol. The summed E-state index contributed by atoms with van der Waals surface area (Å²) in [5.41, 5.74) is 1.77. The van der Waals surface area contributed by atoms with Gasteiger partial charge >= 0.3 is 0 Å². The number of carbonyl (C=O) groups is 3. The molecule has 0 radical (unpaired) electrons. The van der Waals surface area contributed by atoms with Gasteiger partial charge in [-0.3, -0.25) is 24.2 Å². The first-order valence-electron chi connectivity index (χ1n) is 13.0. The number of aromatic hydroxyl groups is 1. The summed E-state index contributed by atoms with van der Waals surface area (Å²) in [6.07, 6.45) is 0.167. The van der Waals surface area contributed by atoms with Crippen LogP contribution in [0.5, 0.6) is 5.75 Å². The number of amides is 1. The third-order valence-electron chi connectivity index (χ3n) is 8.96. The Kier molecular flexibility index (Phi) is 6.02. The van der Waals surface area contributed by atoms with Crippen LogP contribution >= 0.6 is 0 Å². The molecule has 0 saturated heterocycles. The van der Waals surface area contributed by atoms with E-state index in [1.165, 1.54) is 19.0 Å². The largest absolute Gasteiger partial charge is 0.508 e. The van der Waals surface area contributed by atoms with Gasteiger partial charge in [0.1, 0.15) is 28.7 Å². The van der Waals surface area contributed by atoms with Crippen molar-refractivity contribution in [2.24, 2.45) is 17.6 Å². The summed E-state index contributed by atoms with van der Waals surface area (Å²) in [5, 5.41) is 45.2. The minimum Gasteiger partial charge on any atom is -0.508 e. The number of carbonyl (C=O) groups excluding carboxylic acids is 3. The van der Waals surface area contributed by atoms with Crippen LogP contribution < -0.4 is 5.73 Å². The number of rotatable bonds is 2. The van der Waals surface area contributed by atoms with Crippen LogP contribution in [0.25, 0.3) is 5.76 Å². The van der Waals surface area contributed by atoms with Crippen molar-refractivity contribution in [3.8, 4) is 5.75 Å². The molecule has 6 N–H and O–H groups in total. The summed E-state index contributed by atoms with van der Waals surface area (Å²) in [4.78, 5) is 42.7. The van der Waals surface area contributed by atoms with Gasteiger partial charge in [-0.1, -0.05) is 0 Å². The van der Waals surface area contributed by atoms with E-state index in [4.69, 9.17) is 5.73 Å². The minimum atomic E-state index is -2.72. The Bertz CT molecular complexity index is 1410. The fourth-order valence-corrected chi connectivity index (χ4v) is 6.96. The van der Waals surface area contributed by atoms with Gasteiger partial charge in [0, 0.05) is 46.8 Å². The van der Waals surface area contributed by atoms with E-state index >= 15 is 4.39 Å². The van der Waals surface area contributed by atoms with Crippen molar-refractivity contribution in [3.63, 3.8) is 0 Å². The van der Waals surface area contributed by atoms with Crippen LogP contribution in [0, 0.1) is 17.7 Å². The molecule has 4 atom stereocenters. The maximum absolute atomic E-state index is 16.1. The quantitative estimate of drug-likeness (QED) is 0.345. The Labute approximate surface area is 225 Å². The summed E-state index contributed by atoms with van der Waals surface area (Å²) in [5.74, 6) is -7.97. The van der Waals surface area contributed by atoms with E-state index in [2.05, 4.69) is 4.90 Å². The van der Waals surface area contributed by atoms with Crippen LogP contribution in [0.2, 0.25) is 0 Å². The third kappa shape index (κ3) is 3.59. The van der Waals surface area contributed by atoms with E-state index in [0.717, 1.165) is 0 Å². The first-order chi connectivity index (χ1) is 18.0. The number of aliphatic hydroxyl groups excluding tert-OH is 2. The monoisotopic (exact) mass is 543 g/mol. The summed E-state index contributed by atoms with van der Waals surface area (Å²) < 4.78 is 16.1. The number of nitrogens with two attached hydrogens (primary N) is 1. The van der Waals surface area contributed by atoms with E-state index in [9.17, 15) is 34.8 Å². The molecular weight excluding hydrogens is 509 g/mol. The Hall–Kier alpha value is -3.28. The second-order valence-corrected chi connectivity index (χ2v) is 12.3. The molecule has 3 aliphatic carbocycles. The van der Waals surface area contributed by atoms with Crippen molar-refractivity contribution < 1.29 is 39.2 Å². The topological polar surface area (TPSA) is 165 Å². The normalized spacial score (nSPS) is 29.3. The number of hydrogen-bond acceptors (Lipinski definition) is 9. The van der Waals surface area contributed by atoms with Crippen LogP contribution in [-0.4, -0.2) is 85.5 Å². The number of phenols is 1. The molecule has 1 aliphatic heterocycles. The molecule has 0 aromatic heterocycles. The lowest BCUT2D eigenvalue weighted by Gasteiger charge is -2.50. The Morgan fingerprint density at radius 2 is 1.77 bits per heavy atom. The maximum atomic E-state index is 16.1. The number of halogens is 1. The number of phenolic OH excluding ortho intramolecular Hbond substituents is 1. The lowest BCUT2D eigenvalue weighted by atomic mass is 9.57. The number of nitrogens with zero attached hydrogens (tertiary/aromatic N) is 2. The van der Waals surface area contributed by atoms with Crippen molar-refractivity contribution in [3.05, 3.63) is 45.0 Å². The number of ketones is 2. The molecule has 210 valence electrons. The lowest BCUT2D eigenvalue weighted by molar-refractivity contribution is -0.153. The summed E-state index contributed by atoms with van der Waals surface area (Å²) in [6.45, 7) is 6.87. The van der Waals surface area contributed by atoms with E-state index in [0.29, 0.717) is 24.1 Å². The van der Waals surface area contributed by atoms with Crippen molar-refractivity contribution in [1.29, 1.82) is 0 Å². The average Bonchev–Trinajstić information content (AvgIpc) is 2.83. The number of hydrogen-bond donors (Lipinski definition) is 5. The SMILES string of the molecule is CN(C)[C@@H]1C(=O)C(C(N)=O)=C(O)[C@@]2(O)C(=O)C3=C(O)c4c(O)c5c(c(F)c4C[C@H]3C[C@@H]12)CN(C(C)(C)C)CC5. The van der Waals surface area contributed by atoms with Crippen molar-refractivity contribution in [2.45, 2.75) is 63.8 Å². The third-order valence-corrected chi connectivity index (χ3v) is 8.96. The number of primary amides is 1. The molecular formula is C28H34FN3O7. The first-order valence-corrected chi connectivity index (χ1v) is 13.0. The number of benzene rings is 1. The van der Waals surface area contributed by atoms with E-state index < -0.39 is 63.9 Å². The zero-order chi connectivity index (χ0) is 28.9. The van der Waals surface area contributed by atoms with Gasteiger partial charge in [-0.15, -0.1) is 0 Å². The van der Waals surface area contributed by atoms with Gasteiger partial charge < -0.3 is 26.2 Å². The van der Waals surface area contributed by atoms with Crippen molar-refractivity contribution in [2.75, 3.05) is 20.6 Å². The van der Waals surface area contributed by atoms with Crippen LogP contribution in [-0.2, 0) is 33.8 Å². The minimum absolute atomic E-state index is 0.0626. The molecule has 1 fully saturated rings. The van der Waals surface area contributed by atoms with Gasteiger partial charge in [-0.05, 0) is 60.0 Å². The summed E-state index contributed by atoms with van der Waals surface area (Å²) in [7, 11) is 3.05. The highest BCUT2D eigenvalue weighted by Crippen LogP contribution is 2.54. The second-order valence-electron chi connectivity index (χ2n) is 12.3. The van der Waals surface area contributed by atoms with Gasteiger partial charge in [-0.2, -0.15) is 0 Å². The number of Topliss-reactive ketones (excluding diaryl/α,β-unsaturated/α-hetero) is 2. The van der Waals surface area contributed by atoms with E-state index in [-0.39, 0.29) is 47.4 Å². The van der Waals surface area contributed by atoms with Gasteiger partial charge in [0.05, 0.1) is 11.6 Å². The molecule has 1 aromatic rings. The molecule has 0 unspecified atom stereocenters. The molecule has 11 heteroatoms. The van der Waals surface area contributed by atoms with E-state index in [1.54, 1.807) is 0 Å². The molecule has 1 heterocycles. The second kappa shape index (κ2) is 8.61. The highest BCUT2D eigenvalue weighted by molar-refractivity contribution is 6.24. The number of fused-ring (bicyclic) bond motifs is 4. The molecule has 4 aliphatic rings. The number of likely N-dealkylation sites (N-methyl/N-ethyl adjacent to an activating group) is 1. The Morgan fingerprint density at radius 1 is 1.13 bits per heavy atom. The molecule has 0 spiro atoms. The summed E-state index contributed by atoms with van der Waals surface area (Å²) in [6, 6.07) is -1.19. The smallest absolute Gasteiger partial charge is 0.255 e. The van der Waals surface area contributed by atoms with Crippen molar-refractivity contribution >= 4 is 23.2 Å². The van der Waals surface area contributed by atoms with Crippen LogP contribution in [0.3, 0.4) is 0 Å². The zero-order valence-electron chi connectivity index (χ0n) is 22.6. The van der Waals surface area contributed by atoms with Gasteiger partial charge in [0.2, 0.25) is 5.78 Å². The Balaban J connectivity index is 1.71. The molecule has 10 nitrogen and oxygen atoms in total. The number of aliphatic hydroxyl groups is 3.